The number of epoxide rings is 1. The highest BCUT2D eigenvalue weighted by Crippen LogP contribution is 2.63. The summed E-state index contributed by atoms with van der Waals surface area (Å²) in [4.78, 5) is 49.9. The van der Waals surface area contributed by atoms with Crippen LogP contribution >= 0.6 is 0 Å². The molecule has 1 spiro atoms. The van der Waals surface area contributed by atoms with E-state index in [1.54, 1.807) is 20.8 Å². The fourth-order valence-electron chi connectivity index (χ4n) is 8.17. The van der Waals surface area contributed by atoms with Crippen LogP contribution in [0.25, 0.3) is 0 Å². The van der Waals surface area contributed by atoms with Crippen LogP contribution in [0.15, 0.2) is 52.5 Å². The second-order valence-corrected chi connectivity index (χ2v) is 14.6. The van der Waals surface area contributed by atoms with Crippen LogP contribution in [-0.4, -0.2) is 68.5 Å². The number of hydrogen-bond donors (Lipinski definition) is 1. The summed E-state index contributed by atoms with van der Waals surface area (Å²) in [5.41, 5.74) is -5.97. The lowest BCUT2D eigenvalue weighted by atomic mass is 9.67. The fourth-order valence-corrected chi connectivity index (χ4v) is 8.17. The van der Waals surface area contributed by atoms with E-state index in [9.17, 15) is 19.5 Å². The lowest BCUT2D eigenvalue weighted by Gasteiger charge is -2.41. The lowest BCUT2D eigenvalue weighted by molar-refractivity contribution is -0.183. The van der Waals surface area contributed by atoms with E-state index in [4.69, 9.17) is 19.2 Å². The Morgan fingerprint density at radius 2 is 1.77 bits per heavy atom. The van der Waals surface area contributed by atoms with Crippen molar-refractivity contribution in [1.82, 2.24) is 0 Å². The van der Waals surface area contributed by atoms with Gasteiger partial charge in [-0.05, 0) is 45.1 Å². The van der Waals surface area contributed by atoms with E-state index in [0.29, 0.717) is 17.8 Å². The van der Waals surface area contributed by atoms with Gasteiger partial charge < -0.3 is 19.3 Å². The van der Waals surface area contributed by atoms with Crippen molar-refractivity contribution in [2.75, 3.05) is 0 Å². The van der Waals surface area contributed by atoms with Crippen molar-refractivity contribution in [2.24, 2.45) is 39.6 Å². The van der Waals surface area contributed by atoms with Gasteiger partial charge in [-0.1, -0.05) is 77.1 Å². The number of halogens is 1. The molecule has 0 aromatic heterocycles. The van der Waals surface area contributed by atoms with Crippen LogP contribution in [0, 0.1) is 29.6 Å². The van der Waals surface area contributed by atoms with Gasteiger partial charge in [-0.15, -0.1) is 0 Å². The molecule has 4 bridgehead atoms. The van der Waals surface area contributed by atoms with Crippen LogP contribution in [0.3, 0.4) is 0 Å². The molecule has 9 nitrogen and oxygen atoms in total. The average molecular weight is 653 g/mol. The molecule has 0 aliphatic carbocycles. The number of esters is 1. The monoisotopic (exact) mass is 652 g/mol. The molecule has 3 unspecified atom stereocenters. The maximum Gasteiger partial charge on any atom is 0.351 e. The molecule has 1 aromatic carbocycles. The van der Waals surface area contributed by atoms with Crippen molar-refractivity contribution < 1.29 is 38.1 Å². The number of hydrogen-bond acceptors (Lipinski definition) is 8. The molecule has 5 rings (SSSR count). The van der Waals surface area contributed by atoms with E-state index >= 15 is 4.39 Å². The molecular weight excluding hydrogens is 603 g/mol. The van der Waals surface area contributed by atoms with E-state index in [2.05, 4.69) is 4.99 Å². The van der Waals surface area contributed by atoms with Gasteiger partial charge in [0.1, 0.15) is 17.3 Å². The molecule has 2 saturated heterocycles. The Bertz CT molecular complexity index is 1520. The second kappa shape index (κ2) is 12.1. The van der Waals surface area contributed by atoms with Gasteiger partial charge >= 0.3 is 5.97 Å². The number of cyclic esters (lactones) is 1. The first-order valence-corrected chi connectivity index (χ1v) is 16.8. The van der Waals surface area contributed by atoms with Gasteiger partial charge in [0, 0.05) is 42.7 Å². The number of fused-ring (bicyclic) bond motifs is 2. The Balaban J connectivity index is 1.75. The number of rotatable bonds is 4. The third-order valence-electron chi connectivity index (χ3n) is 11.6. The lowest BCUT2D eigenvalue weighted by Crippen LogP contribution is -2.53. The summed E-state index contributed by atoms with van der Waals surface area (Å²) in [5.74, 6) is -5.76. The maximum atomic E-state index is 16.2. The molecule has 0 radical (unpaired) electrons. The number of carbonyl (C=O) groups is 3. The molecule has 11 atom stereocenters. The number of carbonyl (C=O) groups excluding carboxylic acids is 3. The minimum atomic E-state index is -2.95. The van der Waals surface area contributed by atoms with Crippen molar-refractivity contribution >= 4 is 29.1 Å². The summed E-state index contributed by atoms with van der Waals surface area (Å²) in [6.45, 7) is 15.0. The molecule has 256 valence electrons. The fraction of sp³-hybridized carbons (Fsp3) is 0.649. The number of aliphatic hydroxyl groups is 1. The number of benzene rings is 1. The Labute approximate surface area is 277 Å². The topological polar surface area (TPSA) is 127 Å². The van der Waals surface area contributed by atoms with Gasteiger partial charge in [-0.2, -0.15) is 0 Å². The maximum absolute atomic E-state index is 16.2. The molecule has 1 aromatic rings. The zero-order chi connectivity index (χ0) is 34.7. The zero-order valence-electron chi connectivity index (χ0n) is 29.0. The largest absolute Gasteiger partial charge is 0.457 e. The van der Waals surface area contributed by atoms with E-state index in [-0.39, 0.29) is 19.4 Å². The number of ketones is 1. The van der Waals surface area contributed by atoms with Crippen LogP contribution in [0.1, 0.15) is 87.1 Å². The number of nitrogens with zero attached hydrogens (tertiary/aromatic N) is 2. The first-order valence-electron chi connectivity index (χ1n) is 16.8. The van der Waals surface area contributed by atoms with Gasteiger partial charge in [0.2, 0.25) is 11.6 Å². The van der Waals surface area contributed by atoms with Crippen LogP contribution in [-0.2, 0) is 35.2 Å². The highest BCUT2D eigenvalue weighted by atomic mass is 19.1. The third-order valence-corrected chi connectivity index (χ3v) is 11.6. The summed E-state index contributed by atoms with van der Waals surface area (Å²) >= 11 is 0. The van der Waals surface area contributed by atoms with Crippen molar-refractivity contribution in [3.63, 3.8) is 0 Å². The van der Waals surface area contributed by atoms with Crippen LogP contribution in [0.2, 0.25) is 0 Å². The standard InChI is InChI=1S/C37H49FN2O7/c1-10-29-34(8,44)27-17-16-21(2)37(45-20-26-14-12-11-13-15-26)30(39-25(6)41)24(5)36(19-28(18-27)40-37)35(9,47-36)23(4)22(3)31(42)33(7,38)32(43)46-29/h11-17,21-24,27,29,44H,10,18-20H2,1-9H3/t21-,22-,23-,24+,27?,29-,33+,34+,35+,36?,37?/m1/s1. The minimum Gasteiger partial charge on any atom is -0.457 e. The smallest absolute Gasteiger partial charge is 0.351 e. The van der Waals surface area contributed by atoms with Crippen LogP contribution in [0.4, 0.5) is 4.39 Å². The Morgan fingerprint density at radius 1 is 1.11 bits per heavy atom. The van der Waals surface area contributed by atoms with Crippen LogP contribution < -0.4 is 0 Å². The normalized spacial score (nSPS) is 44.5. The quantitative estimate of drug-likeness (QED) is 0.190. The van der Waals surface area contributed by atoms with Gasteiger partial charge in [0.15, 0.2) is 5.78 Å². The Kier molecular flexibility index (Phi) is 9.08. The van der Waals surface area contributed by atoms with Gasteiger partial charge in [-0.3, -0.25) is 14.6 Å². The summed E-state index contributed by atoms with van der Waals surface area (Å²) in [6, 6.07) is 9.68. The van der Waals surface area contributed by atoms with Gasteiger partial charge in [0.25, 0.3) is 5.67 Å². The van der Waals surface area contributed by atoms with Crippen molar-refractivity contribution in [1.29, 1.82) is 0 Å². The molecule has 0 saturated carbocycles. The average Bonchev–Trinajstić information content (AvgIpc) is 3.66. The highest BCUT2D eigenvalue weighted by molar-refractivity contribution is 6.08. The van der Waals surface area contributed by atoms with E-state index in [1.807, 2.05) is 70.2 Å². The van der Waals surface area contributed by atoms with Crippen LogP contribution in [0.5, 0.6) is 0 Å². The number of ether oxygens (including phenoxy) is 3. The number of amides is 1. The summed E-state index contributed by atoms with van der Waals surface area (Å²) in [5, 5.41) is 12.1. The molecule has 2 fully saturated rings. The zero-order valence-corrected chi connectivity index (χ0v) is 29.0. The molecule has 10 heteroatoms. The summed E-state index contributed by atoms with van der Waals surface area (Å²) in [6.07, 6.45) is 3.39. The number of alkyl halides is 1. The molecule has 1 amide bonds. The number of Topliss-reactive ketones (excluding diaryl/α,β-unsaturated/α-hetero) is 1. The first-order chi connectivity index (χ1) is 21.9. The molecular formula is C37H49FN2O7. The molecule has 47 heavy (non-hydrogen) atoms. The third kappa shape index (κ3) is 5.64. The Hall–Kier alpha value is -3.08. The summed E-state index contributed by atoms with van der Waals surface area (Å²) in [7, 11) is 0. The number of aliphatic imine (C=N–C) groups is 2. The summed E-state index contributed by atoms with van der Waals surface area (Å²) < 4.78 is 35.4. The van der Waals surface area contributed by atoms with E-state index < -0.39 is 81.6 Å². The van der Waals surface area contributed by atoms with Crippen molar-refractivity contribution in [2.45, 2.75) is 122 Å². The SMILES string of the molecule is CC[C@H]1OC(=O)[C@@](C)(F)C(=O)[C@H](C)[C@@H](C)[C@]2(C)OC23CC2=NC(OCc4ccccc4)(C(=NC(C)=O)[C@@H]3C)[C@H](C)C=CC(C2)[C@]1(C)O. The Morgan fingerprint density at radius 3 is 2.38 bits per heavy atom. The molecule has 4 heterocycles. The second-order valence-electron chi connectivity index (χ2n) is 14.6. The van der Waals surface area contributed by atoms with Crippen molar-refractivity contribution in [3.8, 4) is 0 Å². The van der Waals surface area contributed by atoms with Crippen molar-refractivity contribution in [3.05, 3.63) is 48.0 Å². The van der Waals surface area contributed by atoms with Gasteiger partial charge in [-0.25, -0.2) is 14.2 Å². The predicted octanol–water partition coefficient (Wildman–Crippen LogP) is 5.76. The van der Waals surface area contributed by atoms with E-state index in [1.165, 1.54) is 6.92 Å². The molecule has 4 aliphatic rings. The highest BCUT2D eigenvalue weighted by Gasteiger charge is 2.75. The minimum absolute atomic E-state index is 0.184. The predicted molar refractivity (Wildman–Crippen MR) is 176 cm³/mol. The first kappa shape index (κ1) is 35.2. The molecule has 4 aliphatic heterocycles. The van der Waals surface area contributed by atoms with E-state index in [0.717, 1.165) is 12.5 Å². The van der Waals surface area contributed by atoms with Gasteiger partial charge in [0.05, 0.1) is 17.9 Å². The molecule has 1 N–H and O–H groups in total.